The van der Waals surface area contributed by atoms with Crippen LogP contribution in [0.3, 0.4) is 0 Å². The number of rotatable bonds is 5. The second-order valence-electron chi connectivity index (χ2n) is 12.1. The zero-order valence-electron chi connectivity index (χ0n) is 31.6. The van der Waals surface area contributed by atoms with Gasteiger partial charge in [0.2, 0.25) is 5.95 Å². The number of benzene rings is 7. The smallest absolute Gasteiger partial charge is 0.238 e. The van der Waals surface area contributed by atoms with Crippen molar-refractivity contribution in [2.75, 3.05) is 0 Å². The minimum absolute atomic E-state index is 0.0122. The Morgan fingerprint density at radius 2 is 0.860 bits per heavy atom. The molecule has 0 radical (unpaired) electrons. The van der Waals surface area contributed by atoms with Gasteiger partial charge in [-0.2, -0.15) is 9.97 Å². The molecule has 234 valence electrons. The van der Waals surface area contributed by atoms with Gasteiger partial charge in [-0.05, 0) is 47.5 Å². The molecule has 0 fully saturated rings. The third-order valence-electron chi connectivity index (χ3n) is 9.29. The van der Waals surface area contributed by atoms with E-state index in [9.17, 15) is 0 Å². The molecular weight excluding hydrogens is 611 g/mol. The molecule has 10 aromatic rings. The maximum atomic E-state index is 8.76. The van der Waals surface area contributed by atoms with Crippen molar-refractivity contribution in [1.29, 1.82) is 0 Å². The first kappa shape index (κ1) is 23.5. The van der Waals surface area contributed by atoms with Crippen molar-refractivity contribution in [2.45, 2.75) is 0 Å². The van der Waals surface area contributed by atoms with E-state index in [-0.39, 0.29) is 29.4 Å². The average molecular weight is 645 g/mol. The summed E-state index contributed by atoms with van der Waals surface area (Å²) >= 11 is 0. The van der Waals surface area contributed by atoms with Crippen molar-refractivity contribution in [2.24, 2.45) is 0 Å². The SMILES string of the molecule is [2H]c1c([2H])c([2H])c(-c2nc(-c3ccc(-c4cccc(-n5c6ccccc6c6ccccc65)c4)cc3)nc(-n3c4ccccc4c4ccccc43)n2)c([2H])c1[2H]. The molecule has 0 bridgehead atoms. The molecule has 5 nitrogen and oxygen atoms in total. The monoisotopic (exact) mass is 644 g/mol. The van der Waals surface area contributed by atoms with E-state index in [1.807, 2.05) is 77.4 Å². The predicted octanol–water partition coefficient (Wildman–Crippen LogP) is 11.1. The van der Waals surface area contributed by atoms with Crippen LogP contribution in [0.25, 0.3) is 89.2 Å². The predicted molar refractivity (Wildman–Crippen MR) is 205 cm³/mol. The Balaban J connectivity index is 1.13. The van der Waals surface area contributed by atoms with Crippen molar-refractivity contribution in [3.05, 3.63) is 176 Å². The highest BCUT2D eigenvalue weighted by atomic mass is 15.2. The summed E-state index contributed by atoms with van der Waals surface area (Å²) in [5.74, 6) is 0.563. The van der Waals surface area contributed by atoms with Crippen molar-refractivity contribution >= 4 is 43.6 Å². The first-order valence-corrected chi connectivity index (χ1v) is 16.4. The summed E-state index contributed by atoms with van der Waals surface area (Å²) in [5, 5.41) is 4.43. The fraction of sp³-hybridized carbons (Fsp3) is 0. The van der Waals surface area contributed by atoms with Crippen LogP contribution >= 0.6 is 0 Å². The van der Waals surface area contributed by atoms with Crippen LogP contribution in [0, 0.1) is 0 Å². The van der Waals surface area contributed by atoms with Crippen LogP contribution in [0.2, 0.25) is 0 Å². The van der Waals surface area contributed by atoms with Gasteiger partial charge in [0, 0.05) is 38.4 Å². The van der Waals surface area contributed by atoms with Crippen LogP contribution < -0.4 is 0 Å². The Morgan fingerprint density at radius 1 is 0.380 bits per heavy atom. The minimum Gasteiger partial charge on any atom is -0.309 e. The quantitative estimate of drug-likeness (QED) is 0.187. The molecular formula is C45H29N5. The van der Waals surface area contributed by atoms with Gasteiger partial charge in [0.25, 0.3) is 0 Å². The Labute approximate surface area is 295 Å². The lowest BCUT2D eigenvalue weighted by molar-refractivity contribution is 0.953. The lowest BCUT2D eigenvalue weighted by Crippen LogP contribution is -2.06. The summed E-state index contributed by atoms with van der Waals surface area (Å²) in [4.78, 5) is 14.6. The van der Waals surface area contributed by atoms with Gasteiger partial charge < -0.3 is 4.57 Å². The average Bonchev–Trinajstić information content (AvgIpc) is 3.75. The summed E-state index contributed by atoms with van der Waals surface area (Å²) in [5.41, 5.74) is 7.69. The maximum absolute atomic E-state index is 8.76. The lowest BCUT2D eigenvalue weighted by Gasteiger charge is -2.12. The van der Waals surface area contributed by atoms with Crippen molar-refractivity contribution in [3.63, 3.8) is 0 Å². The van der Waals surface area contributed by atoms with E-state index >= 15 is 0 Å². The Bertz CT molecular complexity index is 3030. The van der Waals surface area contributed by atoms with Gasteiger partial charge in [-0.1, -0.05) is 139 Å². The van der Waals surface area contributed by atoms with Gasteiger partial charge >= 0.3 is 0 Å². The van der Waals surface area contributed by atoms with E-state index in [2.05, 4.69) is 77.4 Å². The summed E-state index contributed by atoms with van der Waals surface area (Å²) in [6.07, 6.45) is 0. The van der Waals surface area contributed by atoms with E-state index in [0.29, 0.717) is 11.4 Å². The topological polar surface area (TPSA) is 48.5 Å². The van der Waals surface area contributed by atoms with Gasteiger partial charge in [-0.15, -0.1) is 0 Å². The number of hydrogen-bond acceptors (Lipinski definition) is 3. The van der Waals surface area contributed by atoms with Crippen molar-refractivity contribution in [1.82, 2.24) is 24.1 Å². The molecule has 7 aromatic carbocycles. The van der Waals surface area contributed by atoms with E-state index in [4.69, 9.17) is 21.8 Å². The lowest BCUT2D eigenvalue weighted by atomic mass is 10.0. The van der Waals surface area contributed by atoms with Gasteiger partial charge in [-0.25, -0.2) is 4.98 Å². The van der Waals surface area contributed by atoms with Crippen LogP contribution in [0.4, 0.5) is 0 Å². The molecule has 0 spiro atoms. The first-order valence-electron chi connectivity index (χ1n) is 18.9. The minimum atomic E-state index is -0.478. The molecule has 3 heterocycles. The van der Waals surface area contributed by atoms with Gasteiger partial charge in [0.05, 0.1) is 28.9 Å². The van der Waals surface area contributed by atoms with Crippen LogP contribution in [-0.4, -0.2) is 24.1 Å². The standard InChI is InChI=1S/C45H29N5/c1-2-13-31(14-3-1)43-46-44(48-45(47-43)50-41-23-10-6-19-37(41)38-20-7-11-24-42(38)50)32-27-25-30(26-28-32)33-15-12-16-34(29-33)49-39-21-8-4-17-35(39)36-18-5-9-22-40(36)49/h1-29H/i1D,2D,3D,13D,14D. The number of nitrogens with zero attached hydrogens (tertiary/aromatic N) is 5. The van der Waals surface area contributed by atoms with Gasteiger partial charge in [-0.3, -0.25) is 4.57 Å². The fourth-order valence-electron chi connectivity index (χ4n) is 7.04. The normalized spacial score (nSPS) is 13.0. The molecule has 0 saturated heterocycles. The molecule has 3 aromatic heterocycles. The van der Waals surface area contributed by atoms with Crippen LogP contribution in [0.1, 0.15) is 6.85 Å². The fourth-order valence-corrected chi connectivity index (χ4v) is 7.04. The summed E-state index contributed by atoms with van der Waals surface area (Å²) in [7, 11) is 0. The molecule has 0 unspecified atom stereocenters. The highest BCUT2D eigenvalue weighted by Crippen LogP contribution is 2.35. The van der Waals surface area contributed by atoms with Crippen molar-refractivity contribution < 1.29 is 6.85 Å². The molecule has 0 N–H and O–H groups in total. The van der Waals surface area contributed by atoms with Gasteiger partial charge in [0.1, 0.15) is 0 Å². The molecule has 5 heteroatoms. The first-order chi connectivity index (χ1) is 26.9. The molecule has 0 saturated carbocycles. The number of fused-ring (bicyclic) bond motifs is 6. The summed E-state index contributed by atoms with van der Waals surface area (Å²) in [6.45, 7) is 0. The number of aromatic nitrogens is 5. The second kappa shape index (κ2) is 11.4. The molecule has 0 aliphatic heterocycles. The maximum Gasteiger partial charge on any atom is 0.238 e. The van der Waals surface area contributed by atoms with E-state index in [1.165, 1.54) is 10.8 Å². The van der Waals surface area contributed by atoms with E-state index < -0.39 is 18.1 Å². The van der Waals surface area contributed by atoms with Gasteiger partial charge in [0.15, 0.2) is 11.6 Å². The highest BCUT2D eigenvalue weighted by Gasteiger charge is 2.18. The highest BCUT2D eigenvalue weighted by molar-refractivity contribution is 6.10. The molecule has 0 aliphatic carbocycles. The second-order valence-corrected chi connectivity index (χ2v) is 12.1. The van der Waals surface area contributed by atoms with Crippen molar-refractivity contribution in [3.8, 4) is 45.5 Å². The Morgan fingerprint density at radius 3 is 1.42 bits per heavy atom. The number of hydrogen-bond donors (Lipinski definition) is 0. The molecule has 0 atom stereocenters. The zero-order valence-corrected chi connectivity index (χ0v) is 26.6. The molecule has 0 aliphatic rings. The molecule has 50 heavy (non-hydrogen) atoms. The number of para-hydroxylation sites is 4. The van der Waals surface area contributed by atoms with E-state index in [1.54, 1.807) is 0 Å². The third-order valence-corrected chi connectivity index (χ3v) is 9.29. The van der Waals surface area contributed by atoms with Crippen LogP contribution in [-0.2, 0) is 0 Å². The van der Waals surface area contributed by atoms with Crippen LogP contribution in [0.15, 0.2) is 176 Å². The summed E-state index contributed by atoms with van der Waals surface area (Å²) < 4.78 is 46.7. The molecule has 10 rings (SSSR count). The largest absolute Gasteiger partial charge is 0.309 e. The Kier molecular flexibility index (Phi) is 5.35. The van der Waals surface area contributed by atoms with E-state index in [0.717, 1.165) is 49.7 Å². The van der Waals surface area contributed by atoms with Crippen LogP contribution in [0.5, 0.6) is 0 Å². The Hall–Kier alpha value is -6.85. The summed E-state index contributed by atoms with van der Waals surface area (Å²) in [6, 6.07) is 47.1. The zero-order chi connectivity index (χ0) is 37.4. The third kappa shape index (κ3) is 4.52. The molecule has 0 amide bonds.